The zero-order chi connectivity index (χ0) is 14.8. The zero-order valence-electron chi connectivity index (χ0n) is 11.4. The third-order valence-corrected chi connectivity index (χ3v) is 4.00. The lowest BCUT2D eigenvalue weighted by atomic mass is 10.2. The predicted molar refractivity (Wildman–Crippen MR) is 75.9 cm³/mol. The van der Waals surface area contributed by atoms with Crippen molar-refractivity contribution in [3.63, 3.8) is 0 Å². The van der Waals surface area contributed by atoms with Gasteiger partial charge in [0.15, 0.2) is 0 Å². The van der Waals surface area contributed by atoms with Crippen molar-refractivity contribution < 1.29 is 13.9 Å². The fraction of sp³-hybridized carbons (Fsp3) is 0.231. The van der Waals surface area contributed by atoms with Crippen LogP contribution in [-0.2, 0) is 17.5 Å². The summed E-state index contributed by atoms with van der Waals surface area (Å²) in [6, 6.07) is 7.44. The van der Waals surface area contributed by atoms with Crippen LogP contribution in [0.2, 0.25) is 0 Å². The molecule has 0 atom stereocenters. The number of carbonyl (C=O) groups is 1. The Morgan fingerprint density at radius 3 is 3.00 bits per heavy atom. The third kappa shape index (κ3) is 2.75. The molecule has 0 saturated heterocycles. The minimum absolute atomic E-state index is 0.204. The molecule has 0 aliphatic rings. The maximum atomic E-state index is 11.4. The van der Waals surface area contributed by atoms with Crippen LogP contribution in [0.5, 0.6) is 0 Å². The van der Waals surface area contributed by atoms with Crippen LogP contribution in [0.25, 0.3) is 11.0 Å². The molecule has 3 rings (SSSR count). The smallest absolute Gasteiger partial charge is 0.373 e. The Bertz CT molecular complexity index is 796. The highest BCUT2D eigenvalue weighted by atomic mass is 32.2. The summed E-state index contributed by atoms with van der Waals surface area (Å²) in [4.78, 5) is 11.4. The number of thioether (sulfide) groups is 1. The molecule has 1 aromatic carbocycles. The molecule has 0 spiro atoms. The van der Waals surface area contributed by atoms with Gasteiger partial charge in [0.05, 0.1) is 7.11 Å². The van der Waals surface area contributed by atoms with Gasteiger partial charge in [-0.15, -0.1) is 5.10 Å². The SMILES string of the molecule is COC(=O)c1cc2cc(CSc3nnnn3C)ccc2o1. The van der Waals surface area contributed by atoms with Crippen LogP contribution in [0.4, 0.5) is 0 Å². The van der Waals surface area contributed by atoms with Gasteiger partial charge in [-0.2, -0.15) is 0 Å². The molecule has 0 amide bonds. The number of ether oxygens (including phenoxy) is 1. The first kappa shape index (κ1) is 13.6. The summed E-state index contributed by atoms with van der Waals surface area (Å²) in [5, 5.41) is 12.9. The lowest BCUT2D eigenvalue weighted by Gasteiger charge is -2.00. The number of nitrogens with zero attached hydrogens (tertiary/aromatic N) is 4. The molecule has 0 aliphatic carbocycles. The van der Waals surface area contributed by atoms with Crippen LogP contribution in [-0.4, -0.2) is 33.3 Å². The van der Waals surface area contributed by atoms with E-state index in [1.54, 1.807) is 17.8 Å². The van der Waals surface area contributed by atoms with Crippen LogP contribution in [0, 0.1) is 0 Å². The molecule has 2 heterocycles. The predicted octanol–water partition coefficient (Wildman–Crippen LogP) is 2.04. The highest BCUT2D eigenvalue weighted by Crippen LogP contribution is 2.25. The average molecular weight is 304 g/mol. The Kier molecular flexibility index (Phi) is 3.61. The van der Waals surface area contributed by atoms with E-state index in [9.17, 15) is 4.79 Å². The van der Waals surface area contributed by atoms with Crippen molar-refractivity contribution in [3.8, 4) is 0 Å². The molecule has 0 aliphatic heterocycles. The summed E-state index contributed by atoms with van der Waals surface area (Å²) in [6.45, 7) is 0. The molecule has 0 fully saturated rings. The van der Waals surface area contributed by atoms with E-state index in [0.717, 1.165) is 21.9 Å². The fourth-order valence-corrected chi connectivity index (χ4v) is 2.67. The molecule has 2 aromatic heterocycles. The van der Waals surface area contributed by atoms with E-state index >= 15 is 0 Å². The first-order valence-electron chi connectivity index (χ1n) is 6.13. The normalized spacial score (nSPS) is 11.0. The first-order chi connectivity index (χ1) is 10.2. The number of hydrogen-bond donors (Lipinski definition) is 0. The zero-order valence-corrected chi connectivity index (χ0v) is 12.3. The highest BCUT2D eigenvalue weighted by molar-refractivity contribution is 7.98. The van der Waals surface area contributed by atoms with Gasteiger partial charge in [-0.25, -0.2) is 9.48 Å². The Labute approximate surface area is 124 Å². The van der Waals surface area contributed by atoms with Gasteiger partial charge in [0.1, 0.15) is 5.58 Å². The Balaban J connectivity index is 1.80. The van der Waals surface area contributed by atoms with Gasteiger partial charge in [-0.1, -0.05) is 17.8 Å². The number of rotatable bonds is 4. The Hall–Kier alpha value is -2.35. The van der Waals surface area contributed by atoms with E-state index in [4.69, 9.17) is 4.42 Å². The summed E-state index contributed by atoms with van der Waals surface area (Å²) in [6.07, 6.45) is 0. The van der Waals surface area contributed by atoms with Gasteiger partial charge in [-0.3, -0.25) is 0 Å². The van der Waals surface area contributed by atoms with Crippen LogP contribution in [0.1, 0.15) is 16.1 Å². The largest absolute Gasteiger partial charge is 0.463 e. The first-order valence-corrected chi connectivity index (χ1v) is 7.12. The minimum atomic E-state index is -0.479. The molecule has 3 aromatic rings. The number of carbonyl (C=O) groups excluding carboxylic acids is 1. The Morgan fingerprint density at radius 1 is 1.43 bits per heavy atom. The molecule has 0 radical (unpaired) electrons. The van der Waals surface area contributed by atoms with E-state index in [2.05, 4.69) is 20.3 Å². The summed E-state index contributed by atoms with van der Waals surface area (Å²) in [5.41, 5.74) is 1.75. The molecular weight excluding hydrogens is 292 g/mol. The summed E-state index contributed by atoms with van der Waals surface area (Å²) in [7, 11) is 3.12. The van der Waals surface area contributed by atoms with Crippen LogP contribution >= 0.6 is 11.8 Å². The second-order valence-corrected chi connectivity index (χ2v) is 5.29. The van der Waals surface area contributed by atoms with Crippen molar-refractivity contribution in [2.24, 2.45) is 7.05 Å². The highest BCUT2D eigenvalue weighted by Gasteiger charge is 2.12. The summed E-state index contributed by atoms with van der Waals surface area (Å²) >= 11 is 1.54. The van der Waals surface area contributed by atoms with Crippen molar-refractivity contribution in [3.05, 3.63) is 35.6 Å². The van der Waals surface area contributed by atoms with Crippen molar-refractivity contribution >= 4 is 28.7 Å². The Morgan fingerprint density at radius 2 is 2.29 bits per heavy atom. The fourth-order valence-electron chi connectivity index (χ4n) is 1.88. The molecule has 0 unspecified atom stereocenters. The van der Waals surface area contributed by atoms with Crippen molar-refractivity contribution in [1.29, 1.82) is 0 Å². The number of furan rings is 1. The number of aryl methyl sites for hydroxylation is 1. The second kappa shape index (κ2) is 5.57. The number of tetrazole rings is 1. The molecular formula is C13H12N4O3S. The van der Waals surface area contributed by atoms with Gasteiger partial charge < -0.3 is 9.15 Å². The average Bonchev–Trinajstić information content (AvgIpc) is 3.09. The topological polar surface area (TPSA) is 83.0 Å². The van der Waals surface area contributed by atoms with Gasteiger partial charge in [-0.05, 0) is 34.2 Å². The van der Waals surface area contributed by atoms with Gasteiger partial charge in [0.2, 0.25) is 10.9 Å². The van der Waals surface area contributed by atoms with Crippen molar-refractivity contribution in [1.82, 2.24) is 20.2 Å². The number of aromatic nitrogens is 4. The van der Waals surface area contributed by atoms with E-state index in [-0.39, 0.29) is 5.76 Å². The molecule has 0 bridgehead atoms. The van der Waals surface area contributed by atoms with Gasteiger partial charge >= 0.3 is 5.97 Å². The third-order valence-electron chi connectivity index (χ3n) is 2.92. The summed E-state index contributed by atoms with van der Waals surface area (Å²) in [5.74, 6) is 0.449. The molecule has 7 nitrogen and oxygen atoms in total. The molecule has 0 saturated carbocycles. The van der Waals surface area contributed by atoms with Crippen LogP contribution in [0.3, 0.4) is 0 Å². The molecule has 0 N–H and O–H groups in total. The number of methoxy groups -OCH3 is 1. The maximum Gasteiger partial charge on any atom is 0.373 e. The summed E-state index contributed by atoms with van der Waals surface area (Å²) < 4.78 is 11.7. The lowest BCUT2D eigenvalue weighted by Crippen LogP contribution is -1.97. The van der Waals surface area contributed by atoms with E-state index < -0.39 is 5.97 Å². The van der Waals surface area contributed by atoms with Gasteiger partial charge in [0.25, 0.3) is 0 Å². The number of fused-ring (bicyclic) bond motifs is 1. The molecule has 8 heteroatoms. The number of benzene rings is 1. The van der Waals surface area contributed by atoms with E-state index in [1.165, 1.54) is 18.9 Å². The standard InChI is InChI=1S/C13H12N4O3S/c1-17-13(14-15-16-17)21-7-8-3-4-10-9(5-8)6-11(20-10)12(18)19-2/h3-6H,7H2,1-2H3. The molecule has 108 valence electrons. The van der Waals surface area contributed by atoms with Crippen LogP contribution in [0.15, 0.2) is 33.8 Å². The number of esters is 1. The molecule has 21 heavy (non-hydrogen) atoms. The van der Waals surface area contributed by atoms with Crippen LogP contribution < -0.4 is 0 Å². The van der Waals surface area contributed by atoms with Gasteiger partial charge in [0, 0.05) is 18.2 Å². The van der Waals surface area contributed by atoms with Crippen molar-refractivity contribution in [2.75, 3.05) is 7.11 Å². The van der Waals surface area contributed by atoms with Crippen molar-refractivity contribution in [2.45, 2.75) is 10.9 Å². The quantitative estimate of drug-likeness (QED) is 0.538. The van der Waals surface area contributed by atoms with E-state index in [1.807, 2.05) is 18.2 Å². The van der Waals surface area contributed by atoms with E-state index in [0.29, 0.717) is 5.58 Å². The second-order valence-electron chi connectivity index (χ2n) is 4.35. The minimum Gasteiger partial charge on any atom is -0.463 e. The number of hydrogen-bond acceptors (Lipinski definition) is 7. The lowest BCUT2D eigenvalue weighted by molar-refractivity contribution is 0.0567. The maximum absolute atomic E-state index is 11.4. The monoisotopic (exact) mass is 304 g/mol.